The van der Waals surface area contributed by atoms with Crippen molar-refractivity contribution in [3.63, 3.8) is 0 Å². The van der Waals surface area contributed by atoms with Crippen molar-refractivity contribution in [2.24, 2.45) is 0 Å². The van der Waals surface area contributed by atoms with Crippen molar-refractivity contribution in [3.05, 3.63) is 50.9 Å². The predicted octanol–water partition coefficient (Wildman–Crippen LogP) is 2.56. The second kappa shape index (κ2) is 12.5. The van der Waals surface area contributed by atoms with Gasteiger partial charge in [0, 0.05) is 41.2 Å². The van der Waals surface area contributed by atoms with Gasteiger partial charge in [-0.3, -0.25) is 9.69 Å². The average Bonchev–Trinajstić information content (AvgIpc) is 2.88. The van der Waals surface area contributed by atoms with Crippen LogP contribution in [0.25, 0.3) is 0 Å². The van der Waals surface area contributed by atoms with E-state index in [-0.39, 0.29) is 23.8 Å². The van der Waals surface area contributed by atoms with Gasteiger partial charge in [0.05, 0.1) is 5.69 Å². The van der Waals surface area contributed by atoms with Gasteiger partial charge in [-0.15, -0.1) is 0 Å². The SMILES string of the molecule is CN1CCC(N2CCN(C(=O)[C@H](Cc3cc(Br)c(N)c(Br)c3)NS(=O)(=O)Oc3ccccc3O)CC2)CC1. The number of halogens is 2. The lowest BCUT2D eigenvalue weighted by Gasteiger charge is -2.42. The molecule has 2 aliphatic rings. The van der Waals surface area contributed by atoms with Gasteiger partial charge in [-0.25, -0.2) is 0 Å². The van der Waals surface area contributed by atoms with Gasteiger partial charge >= 0.3 is 10.3 Å². The van der Waals surface area contributed by atoms with Crippen LogP contribution in [0.5, 0.6) is 11.5 Å². The zero-order chi connectivity index (χ0) is 27.4. The highest BCUT2D eigenvalue weighted by molar-refractivity contribution is 9.11. The Bertz CT molecular complexity index is 1230. The lowest BCUT2D eigenvalue weighted by molar-refractivity contribution is -0.135. The van der Waals surface area contributed by atoms with Crippen LogP contribution < -0.4 is 14.6 Å². The molecule has 0 aromatic heterocycles. The van der Waals surface area contributed by atoms with Crippen LogP contribution in [0.15, 0.2) is 45.3 Å². The van der Waals surface area contributed by atoms with E-state index in [1.54, 1.807) is 29.2 Å². The highest BCUT2D eigenvalue weighted by Gasteiger charge is 2.34. The maximum absolute atomic E-state index is 13.7. The van der Waals surface area contributed by atoms with E-state index in [4.69, 9.17) is 9.92 Å². The van der Waals surface area contributed by atoms with Gasteiger partial charge < -0.3 is 24.8 Å². The molecule has 2 aliphatic heterocycles. The first kappa shape index (κ1) is 29.1. The number of nitrogens with zero attached hydrogens (tertiary/aromatic N) is 3. The van der Waals surface area contributed by atoms with Crippen LogP contribution in [0, 0.1) is 0 Å². The van der Waals surface area contributed by atoms with Gasteiger partial charge in [-0.2, -0.15) is 13.1 Å². The largest absolute Gasteiger partial charge is 0.504 e. The third-order valence-corrected chi connectivity index (χ3v) is 9.34. The second-order valence-corrected chi connectivity index (χ2v) is 12.8. The van der Waals surface area contributed by atoms with Gasteiger partial charge in [0.25, 0.3) is 0 Å². The third-order valence-electron chi connectivity index (χ3n) is 7.06. The van der Waals surface area contributed by atoms with Crippen LogP contribution >= 0.6 is 31.9 Å². The number of phenols is 1. The summed E-state index contributed by atoms with van der Waals surface area (Å²) < 4.78 is 34.7. The van der Waals surface area contributed by atoms with Crippen LogP contribution in [0.4, 0.5) is 5.69 Å². The van der Waals surface area contributed by atoms with E-state index in [1.807, 2.05) is 0 Å². The lowest BCUT2D eigenvalue weighted by atomic mass is 10.0. The number of nitrogens with two attached hydrogens (primary N) is 1. The summed E-state index contributed by atoms with van der Waals surface area (Å²) in [5, 5.41) is 9.97. The molecular formula is C25H33Br2N5O5S. The molecule has 0 radical (unpaired) electrons. The van der Waals surface area contributed by atoms with Crippen LogP contribution in [-0.2, 0) is 21.5 Å². The number of hydrogen-bond acceptors (Lipinski definition) is 8. The van der Waals surface area contributed by atoms with Crippen molar-refractivity contribution in [2.75, 3.05) is 52.0 Å². The Kier molecular flexibility index (Phi) is 9.58. The molecule has 38 heavy (non-hydrogen) atoms. The van der Waals surface area contributed by atoms with Gasteiger partial charge in [-0.1, -0.05) is 12.1 Å². The summed E-state index contributed by atoms with van der Waals surface area (Å²) in [6.45, 7) is 4.65. The Labute approximate surface area is 240 Å². The minimum Gasteiger partial charge on any atom is -0.504 e. The van der Waals surface area contributed by atoms with Crippen molar-refractivity contribution in [2.45, 2.75) is 31.3 Å². The van der Waals surface area contributed by atoms with Crippen LogP contribution in [0.2, 0.25) is 0 Å². The number of likely N-dealkylation sites (tertiary alicyclic amines) is 1. The molecule has 4 rings (SSSR count). The van der Waals surface area contributed by atoms with E-state index in [2.05, 4.69) is 53.4 Å². The fraction of sp³-hybridized carbons (Fsp3) is 0.480. The average molecular weight is 675 g/mol. The fourth-order valence-corrected chi connectivity index (χ4v) is 7.14. The summed E-state index contributed by atoms with van der Waals surface area (Å²) in [5.41, 5.74) is 7.22. The highest BCUT2D eigenvalue weighted by Crippen LogP contribution is 2.31. The zero-order valence-corrected chi connectivity index (χ0v) is 25.1. The quantitative estimate of drug-likeness (QED) is 0.365. The van der Waals surface area contributed by atoms with E-state index < -0.39 is 16.3 Å². The van der Waals surface area contributed by atoms with Gasteiger partial charge in [0.2, 0.25) is 5.91 Å². The molecule has 2 aromatic carbocycles. The second-order valence-electron chi connectivity index (χ2n) is 9.75. The molecule has 208 valence electrons. The molecule has 0 bridgehead atoms. The standard InChI is InChI=1S/C25H33Br2N5O5S/c1-30-8-6-18(7-9-30)31-10-12-32(13-11-31)25(34)21(16-17-14-19(26)24(28)20(27)15-17)29-38(35,36)37-23-5-3-2-4-22(23)33/h2-5,14-15,18,21,29,33H,6-13,16,28H2,1H3/t21-/m0/s1. The molecule has 1 amide bonds. The number of rotatable bonds is 8. The molecular weight excluding hydrogens is 642 g/mol. The molecule has 13 heteroatoms. The molecule has 2 fully saturated rings. The van der Waals surface area contributed by atoms with Crippen molar-refractivity contribution in [1.29, 1.82) is 0 Å². The van der Waals surface area contributed by atoms with E-state index >= 15 is 0 Å². The summed E-state index contributed by atoms with van der Waals surface area (Å²) in [4.78, 5) is 20.2. The number of hydrogen-bond donors (Lipinski definition) is 3. The van der Waals surface area contributed by atoms with Crippen molar-refractivity contribution in [3.8, 4) is 11.5 Å². The van der Waals surface area contributed by atoms with Crippen molar-refractivity contribution in [1.82, 2.24) is 19.4 Å². The number of aromatic hydroxyl groups is 1. The molecule has 2 aromatic rings. The topological polar surface area (TPSA) is 128 Å². The lowest BCUT2D eigenvalue weighted by Crippen LogP contribution is -2.58. The van der Waals surface area contributed by atoms with E-state index in [1.165, 1.54) is 12.1 Å². The number of carbonyl (C=O) groups excluding carboxylic acids is 1. The number of nitrogen functional groups attached to an aromatic ring is 1. The fourth-order valence-electron chi connectivity index (χ4n) is 4.90. The monoisotopic (exact) mass is 673 g/mol. The van der Waals surface area contributed by atoms with Crippen molar-refractivity contribution >= 4 is 53.8 Å². The van der Waals surface area contributed by atoms with Gasteiger partial charge in [0.1, 0.15) is 6.04 Å². The number of piperazine rings is 1. The van der Waals surface area contributed by atoms with Crippen LogP contribution in [0.1, 0.15) is 18.4 Å². The molecule has 2 heterocycles. The minimum atomic E-state index is -4.44. The van der Waals surface area contributed by atoms with Crippen LogP contribution in [-0.4, -0.2) is 92.5 Å². The molecule has 0 saturated carbocycles. The molecule has 1 atom stereocenters. The number of amides is 1. The summed E-state index contributed by atoms with van der Waals surface area (Å²) in [7, 11) is -2.31. The molecule has 0 unspecified atom stereocenters. The number of anilines is 1. The number of para-hydroxylation sites is 2. The first-order valence-electron chi connectivity index (χ1n) is 12.5. The Morgan fingerprint density at radius 1 is 1.11 bits per heavy atom. The molecule has 0 aliphatic carbocycles. The first-order valence-corrected chi connectivity index (χ1v) is 15.5. The minimum absolute atomic E-state index is 0.0782. The number of carbonyl (C=O) groups is 1. The smallest absolute Gasteiger partial charge is 0.383 e. The Balaban J connectivity index is 1.49. The molecule has 10 nitrogen and oxygen atoms in total. The predicted molar refractivity (Wildman–Crippen MR) is 153 cm³/mol. The number of benzene rings is 2. The zero-order valence-electron chi connectivity index (χ0n) is 21.1. The van der Waals surface area contributed by atoms with Gasteiger partial charge in [0.15, 0.2) is 11.5 Å². The number of piperidine rings is 1. The Morgan fingerprint density at radius 2 is 1.71 bits per heavy atom. The maximum Gasteiger partial charge on any atom is 0.383 e. The third kappa shape index (κ3) is 7.39. The van der Waals surface area contributed by atoms with Crippen molar-refractivity contribution < 1.29 is 22.5 Å². The molecule has 0 spiro atoms. The molecule has 2 saturated heterocycles. The van der Waals surface area contributed by atoms with Gasteiger partial charge in [-0.05, 0) is 101 Å². The number of nitrogens with one attached hydrogen (secondary N) is 1. The normalized spacial score (nSPS) is 18.9. The number of phenolic OH excluding ortho intramolecular Hbond substituents is 1. The summed E-state index contributed by atoms with van der Waals surface area (Å²) >= 11 is 6.82. The van der Waals surface area contributed by atoms with E-state index in [9.17, 15) is 18.3 Å². The summed E-state index contributed by atoms with van der Waals surface area (Å²) in [6, 6.07) is 8.66. The maximum atomic E-state index is 13.7. The summed E-state index contributed by atoms with van der Waals surface area (Å²) in [5.74, 6) is -0.880. The Hall–Kier alpha value is -1.90. The first-order chi connectivity index (χ1) is 18.0. The Morgan fingerprint density at radius 3 is 2.32 bits per heavy atom. The highest BCUT2D eigenvalue weighted by atomic mass is 79.9. The van der Waals surface area contributed by atoms with E-state index in [0.29, 0.717) is 39.3 Å². The molecule has 4 N–H and O–H groups in total. The van der Waals surface area contributed by atoms with E-state index in [0.717, 1.165) is 39.0 Å². The van der Waals surface area contributed by atoms with Crippen LogP contribution in [0.3, 0.4) is 0 Å². The summed E-state index contributed by atoms with van der Waals surface area (Å²) in [6.07, 6.45) is 2.30.